The average Bonchev–Trinajstić information content (AvgIpc) is 3.10. The maximum Gasteiger partial charge on any atom is 0.416 e. The Bertz CT molecular complexity index is 1740. The van der Waals surface area contributed by atoms with Crippen LogP contribution in [0.1, 0.15) is 53.6 Å². The Morgan fingerprint density at radius 1 is 0.855 bits per heavy atom. The van der Waals surface area contributed by atoms with Crippen molar-refractivity contribution < 1.29 is 98.1 Å². The highest BCUT2D eigenvalue weighted by atomic mass is 19.4. The summed E-state index contributed by atoms with van der Waals surface area (Å²) in [6.07, 6.45) is -29.7. The van der Waals surface area contributed by atoms with E-state index in [1.807, 2.05) is 0 Å². The average molecular weight is 807 g/mol. The normalized spacial score (nSPS) is 24.4. The van der Waals surface area contributed by atoms with Gasteiger partial charge in [-0.1, -0.05) is 6.92 Å². The minimum Gasteiger partial charge on any atom is -0.479 e. The summed E-state index contributed by atoms with van der Waals surface area (Å²) in [5.74, 6) is -3.31. The van der Waals surface area contributed by atoms with Crippen molar-refractivity contribution in [2.75, 3.05) is 18.6 Å². The predicted molar refractivity (Wildman–Crippen MR) is 162 cm³/mol. The molecule has 304 valence electrons. The number of alkyl halides is 9. The summed E-state index contributed by atoms with van der Waals surface area (Å²) in [5, 5.41) is 38.9. The first kappa shape index (κ1) is 42.9. The highest BCUT2D eigenvalue weighted by molar-refractivity contribution is 5.91. The second-order valence-electron chi connectivity index (χ2n) is 12.2. The number of amides is 2. The van der Waals surface area contributed by atoms with Gasteiger partial charge < -0.3 is 39.4 Å². The molecule has 0 aromatic heterocycles. The molecule has 2 heterocycles. The second-order valence-corrected chi connectivity index (χ2v) is 12.2. The van der Waals surface area contributed by atoms with Crippen LogP contribution in [-0.4, -0.2) is 99.9 Å². The summed E-state index contributed by atoms with van der Waals surface area (Å²) >= 11 is 0. The first-order valence-electron chi connectivity index (χ1n) is 15.8. The minimum atomic E-state index is -5.28. The number of carbonyl (C=O) groups is 4. The van der Waals surface area contributed by atoms with Gasteiger partial charge in [-0.05, 0) is 60.4 Å². The number of carboxylic acid groups (broad SMARTS) is 1. The van der Waals surface area contributed by atoms with E-state index in [4.69, 9.17) is 24.1 Å². The van der Waals surface area contributed by atoms with Crippen LogP contribution in [0.5, 0.6) is 0 Å². The number of aliphatic carboxylic acids is 1. The number of aliphatic hydroxyl groups excluding tert-OH is 3. The molecule has 55 heavy (non-hydrogen) atoms. The second kappa shape index (κ2) is 16.1. The molecule has 2 aliphatic heterocycles. The van der Waals surface area contributed by atoms with E-state index in [0.29, 0.717) is 29.2 Å². The number of anilines is 1. The number of esters is 1. The molecule has 2 aromatic rings. The van der Waals surface area contributed by atoms with Crippen LogP contribution in [0.4, 0.5) is 54.8 Å². The number of halogens is 9. The van der Waals surface area contributed by atoms with Gasteiger partial charge in [-0.3, -0.25) is 9.80 Å². The third-order valence-corrected chi connectivity index (χ3v) is 8.66. The summed E-state index contributed by atoms with van der Waals surface area (Å²) in [6, 6.07) is -0.396. The number of ether oxygens (including phenoxy) is 4. The third-order valence-electron chi connectivity index (χ3n) is 8.66. The van der Waals surface area contributed by atoms with Gasteiger partial charge in [0, 0.05) is 12.6 Å². The van der Waals surface area contributed by atoms with Gasteiger partial charge in [0.1, 0.15) is 18.3 Å². The number of carbonyl (C=O) groups excluding carboxylic acids is 3. The van der Waals surface area contributed by atoms with Gasteiger partial charge >= 0.3 is 42.7 Å². The lowest BCUT2D eigenvalue weighted by atomic mass is 9.87. The molecular weight excluding hydrogens is 775 g/mol. The zero-order valence-electron chi connectivity index (χ0n) is 28.2. The zero-order valence-corrected chi connectivity index (χ0v) is 28.2. The Balaban J connectivity index is 1.69. The molecule has 2 aliphatic rings. The molecule has 0 radical (unpaired) electrons. The first-order chi connectivity index (χ1) is 25.4. The van der Waals surface area contributed by atoms with Crippen LogP contribution in [-0.2, 0) is 53.6 Å². The van der Waals surface area contributed by atoms with Crippen LogP contribution in [0.2, 0.25) is 0 Å². The largest absolute Gasteiger partial charge is 0.479 e. The summed E-state index contributed by atoms with van der Waals surface area (Å²) in [7, 11) is 0.806. The Labute approximate surface area is 303 Å². The van der Waals surface area contributed by atoms with Crippen molar-refractivity contribution in [3.8, 4) is 0 Å². The minimum absolute atomic E-state index is 0.0633. The molecule has 0 saturated carbocycles. The van der Waals surface area contributed by atoms with Crippen molar-refractivity contribution in [3.63, 3.8) is 0 Å². The Morgan fingerprint density at radius 2 is 1.44 bits per heavy atom. The van der Waals surface area contributed by atoms with Crippen LogP contribution in [0.15, 0.2) is 36.4 Å². The first-order valence-corrected chi connectivity index (χ1v) is 15.8. The highest BCUT2D eigenvalue weighted by Crippen LogP contribution is 2.45. The number of aliphatic hydroxyl groups is 3. The number of nitrogens with zero attached hydrogens (tertiary/aromatic N) is 2. The van der Waals surface area contributed by atoms with Crippen molar-refractivity contribution in [1.82, 2.24) is 4.90 Å². The lowest BCUT2D eigenvalue weighted by molar-refractivity contribution is -0.286. The topological polar surface area (TPSA) is 193 Å². The van der Waals surface area contributed by atoms with E-state index in [2.05, 4.69) is 0 Å². The third kappa shape index (κ3) is 9.51. The van der Waals surface area contributed by atoms with Gasteiger partial charge in [0.05, 0.1) is 35.5 Å². The van der Waals surface area contributed by atoms with E-state index in [1.165, 1.54) is 6.92 Å². The van der Waals surface area contributed by atoms with Gasteiger partial charge in [0.25, 0.3) is 0 Å². The van der Waals surface area contributed by atoms with Crippen molar-refractivity contribution in [2.24, 2.45) is 0 Å². The number of carboxylic acids is 1. The number of hydrogen-bond acceptors (Lipinski definition) is 11. The lowest BCUT2D eigenvalue weighted by Gasteiger charge is -2.43. The van der Waals surface area contributed by atoms with Crippen LogP contribution >= 0.6 is 0 Å². The fraction of sp³-hybridized carbons (Fsp3) is 0.500. The number of methoxy groups -OCH3 is 1. The Morgan fingerprint density at radius 3 is 1.95 bits per heavy atom. The van der Waals surface area contributed by atoms with E-state index >= 15 is 0 Å². The molecule has 2 aromatic carbocycles. The molecule has 7 unspecified atom stereocenters. The number of fused-ring (bicyclic) bond motifs is 1. The highest BCUT2D eigenvalue weighted by Gasteiger charge is 2.49. The Hall–Kier alpha value is -4.87. The van der Waals surface area contributed by atoms with E-state index < -0.39 is 133 Å². The van der Waals surface area contributed by atoms with Crippen molar-refractivity contribution in [1.29, 1.82) is 0 Å². The number of rotatable bonds is 8. The van der Waals surface area contributed by atoms with E-state index in [-0.39, 0.29) is 18.2 Å². The fourth-order valence-corrected chi connectivity index (χ4v) is 6.03. The summed E-state index contributed by atoms with van der Waals surface area (Å²) < 4.78 is 143. The molecule has 0 aliphatic carbocycles. The van der Waals surface area contributed by atoms with Crippen molar-refractivity contribution in [3.05, 3.63) is 64.2 Å². The molecule has 7 atom stereocenters. The molecule has 4 rings (SSSR count). The van der Waals surface area contributed by atoms with Gasteiger partial charge in [-0.2, -0.15) is 39.5 Å². The van der Waals surface area contributed by atoms with Gasteiger partial charge in [0.15, 0.2) is 12.7 Å². The smallest absolute Gasteiger partial charge is 0.416 e. The van der Waals surface area contributed by atoms with E-state index in [9.17, 15) is 74.0 Å². The van der Waals surface area contributed by atoms with Gasteiger partial charge in [-0.15, -0.1) is 0 Å². The molecule has 4 N–H and O–H groups in total. The number of benzene rings is 2. The van der Waals surface area contributed by atoms with E-state index in [1.54, 1.807) is 0 Å². The standard InChI is InChI=1S/C32H31F9N2O12/c1-3-17-10-20(42(28(50)52-2)11-13-6-15(31(36,37)38)8-16(7-13)32(39,40)41)18-9-14(30(33,34)35)4-5-19(18)43(17)29(51)53-12-21(44)54-27-24(47)22(45)23(46)25(55-27)26(48)49/h4-9,17,20,22-25,27,45-47H,3,10-12H2,1-2H3,(H,48,49). The van der Waals surface area contributed by atoms with Crippen LogP contribution in [0.3, 0.4) is 0 Å². The maximum atomic E-state index is 13.9. The predicted octanol–water partition coefficient (Wildman–Crippen LogP) is 4.61. The molecular formula is C32H31F9N2O12. The van der Waals surface area contributed by atoms with E-state index in [0.717, 1.165) is 18.1 Å². The Kier molecular flexibility index (Phi) is 12.5. The molecule has 0 spiro atoms. The van der Waals surface area contributed by atoms with Crippen LogP contribution in [0.25, 0.3) is 0 Å². The lowest BCUT2D eigenvalue weighted by Crippen LogP contribution is -2.60. The molecule has 2 amide bonds. The zero-order chi connectivity index (χ0) is 41.4. The quantitative estimate of drug-likeness (QED) is 0.165. The fourth-order valence-electron chi connectivity index (χ4n) is 6.03. The summed E-state index contributed by atoms with van der Waals surface area (Å²) in [6.45, 7) is -0.882. The van der Waals surface area contributed by atoms with Gasteiger partial charge in [0.2, 0.25) is 6.29 Å². The molecule has 1 saturated heterocycles. The van der Waals surface area contributed by atoms with Gasteiger partial charge in [-0.25, -0.2) is 19.2 Å². The van der Waals surface area contributed by atoms with Crippen molar-refractivity contribution >= 4 is 29.8 Å². The SMILES string of the molecule is CCC1CC(N(Cc2cc(C(F)(F)F)cc(C(F)(F)F)c2)C(=O)OC)c2cc(C(F)(F)F)ccc2N1C(=O)OCC(=O)OC1OC(C(=O)O)C(O)C(O)C1O. The number of hydrogen-bond donors (Lipinski definition) is 4. The monoisotopic (exact) mass is 806 g/mol. The van der Waals surface area contributed by atoms with Crippen LogP contribution in [0, 0.1) is 0 Å². The van der Waals surface area contributed by atoms with Crippen LogP contribution < -0.4 is 4.90 Å². The molecule has 0 bridgehead atoms. The molecule has 14 nitrogen and oxygen atoms in total. The summed E-state index contributed by atoms with van der Waals surface area (Å²) in [5.41, 5.74) is -6.37. The molecule has 1 fully saturated rings. The molecule has 23 heteroatoms. The van der Waals surface area contributed by atoms with Crippen molar-refractivity contribution in [2.45, 2.75) is 87.6 Å². The maximum absolute atomic E-state index is 13.9. The summed E-state index contributed by atoms with van der Waals surface area (Å²) in [4.78, 5) is 51.8.